The van der Waals surface area contributed by atoms with Crippen LogP contribution in [0.3, 0.4) is 0 Å². The van der Waals surface area contributed by atoms with Crippen LogP contribution < -0.4 is 10.1 Å². The molecule has 0 radical (unpaired) electrons. The Labute approximate surface area is 152 Å². The van der Waals surface area contributed by atoms with Crippen LogP contribution in [0.15, 0.2) is 78.9 Å². The maximum absolute atomic E-state index is 13.1. The number of halogens is 1. The van der Waals surface area contributed by atoms with E-state index in [-0.39, 0.29) is 17.8 Å². The molecule has 1 amide bonds. The molecule has 3 rings (SSSR count). The summed E-state index contributed by atoms with van der Waals surface area (Å²) in [7, 11) is 0. The highest BCUT2D eigenvalue weighted by atomic mass is 19.1. The van der Waals surface area contributed by atoms with E-state index in [0.29, 0.717) is 12.2 Å². The Hall–Kier alpha value is -3.14. The van der Waals surface area contributed by atoms with Gasteiger partial charge in [0, 0.05) is 5.56 Å². The first-order valence-electron chi connectivity index (χ1n) is 8.51. The summed E-state index contributed by atoms with van der Waals surface area (Å²) < 4.78 is 18.6. The first-order valence-corrected chi connectivity index (χ1v) is 8.51. The summed E-state index contributed by atoms with van der Waals surface area (Å²) in [5.41, 5.74) is 2.32. The van der Waals surface area contributed by atoms with Gasteiger partial charge in [0.05, 0.1) is 12.6 Å². The van der Waals surface area contributed by atoms with Crippen LogP contribution in [0.1, 0.15) is 34.5 Å². The second-order valence-corrected chi connectivity index (χ2v) is 5.83. The quantitative estimate of drug-likeness (QED) is 0.698. The monoisotopic (exact) mass is 349 g/mol. The lowest BCUT2D eigenvalue weighted by atomic mass is 9.98. The molecule has 0 aliphatic rings. The lowest BCUT2D eigenvalue weighted by Gasteiger charge is -2.20. The van der Waals surface area contributed by atoms with Crippen molar-refractivity contribution in [3.8, 4) is 5.75 Å². The Morgan fingerprint density at radius 3 is 2.15 bits per heavy atom. The maximum atomic E-state index is 13.1. The fourth-order valence-corrected chi connectivity index (χ4v) is 2.74. The number of amides is 1. The minimum absolute atomic E-state index is 0.257. The fraction of sp³-hybridized carbons (Fsp3) is 0.136. The molecule has 0 fully saturated rings. The molecule has 3 aromatic carbocycles. The van der Waals surface area contributed by atoms with Crippen molar-refractivity contribution in [3.05, 3.63) is 101 Å². The molecular weight excluding hydrogens is 329 g/mol. The van der Waals surface area contributed by atoms with Gasteiger partial charge in [-0.2, -0.15) is 0 Å². The lowest BCUT2D eigenvalue weighted by molar-refractivity contribution is 0.0943. The van der Waals surface area contributed by atoms with Gasteiger partial charge in [-0.25, -0.2) is 4.39 Å². The van der Waals surface area contributed by atoms with E-state index >= 15 is 0 Å². The summed E-state index contributed by atoms with van der Waals surface area (Å²) in [4.78, 5) is 12.6. The molecule has 0 aromatic heterocycles. The SMILES string of the molecule is CCOc1ccc(C(NC(=O)c2ccc(F)cc2)c2ccccc2)cc1. The molecule has 132 valence electrons. The number of rotatable bonds is 6. The second kappa shape index (κ2) is 8.30. The van der Waals surface area contributed by atoms with Crippen LogP contribution in [0.2, 0.25) is 0 Å². The minimum atomic E-state index is -0.368. The first kappa shape index (κ1) is 17.7. The highest BCUT2D eigenvalue weighted by molar-refractivity contribution is 5.94. The predicted octanol–water partition coefficient (Wildman–Crippen LogP) is 4.74. The van der Waals surface area contributed by atoms with Gasteiger partial charge in [-0.15, -0.1) is 0 Å². The molecule has 26 heavy (non-hydrogen) atoms. The van der Waals surface area contributed by atoms with E-state index in [4.69, 9.17) is 4.74 Å². The number of hydrogen-bond donors (Lipinski definition) is 1. The summed E-state index contributed by atoms with van der Waals surface area (Å²) in [6.07, 6.45) is 0. The predicted molar refractivity (Wildman–Crippen MR) is 99.8 cm³/mol. The third-order valence-corrected chi connectivity index (χ3v) is 4.04. The average molecular weight is 349 g/mol. The molecule has 0 saturated carbocycles. The molecule has 0 bridgehead atoms. The van der Waals surface area contributed by atoms with Crippen LogP contribution in [0, 0.1) is 5.82 Å². The number of benzene rings is 3. The summed E-state index contributed by atoms with van der Waals surface area (Å²) in [6, 6.07) is 22.6. The molecule has 3 nitrogen and oxygen atoms in total. The number of ether oxygens (including phenoxy) is 1. The van der Waals surface area contributed by atoms with Crippen molar-refractivity contribution in [1.82, 2.24) is 5.32 Å². The van der Waals surface area contributed by atoms with Gasteiger partial charge in [0.1, 0.15) is 11.6 Å². The van der Waals surface area contributed by atoms with Crippen LogP contribution in [-0.4, -0.2) is 12.5 Å². The third-order valence-electron chi connectivity index (χ3n) is 4.04. The number of hydrogen-bond acceptors (Lipinski definition) is 2. The van der Waals surface area contributed by atoms with Crippen LogP contribution in [0.25, 0.3) is 0 Å². The molecule has 1 unspecified atom stereocenters. The summed E-state index contributed by atoms with van der Waals surface area (Å²) in [6.45, 7) is 2.53. The van der Waals surface area contributed by atoms with Crippen molar-refractivity contribution in [2.24, 2.45) is 0 Å². The van der Waals surface area contributed by atoms with Crippen molar-refractivity contribution in [3.63, 3.8) is 0 Å². The Morgan fingerprint density at radius 1 is 0.923 bits per heavy atom. The average Bonchev–Trinajstić information content (AvgIpc) is 2.68. The van der Waals surface area contributed by atoms with Gasteiger partial charge in [-0.3, -0.25) is 4.79 Å². The fourth-order valence-electron chi connectivity index (χ4n) is 2.74. The van der Waals surface area contributed by atoms with Gasteiger partial charge in [0.15, 0.2) is 0 Å². The largest absolute Gasteiger partial charge is 0.494 e. The standard InChI is InChI=1S/C22H20FNO2/c1-2-26-20-14-10-17(11-15-20)21(16-6-4-3-5-7-16)24-22(25)18-8-12-19(23)13-9-18/h3-15,21H,2H2,1H3,(H,24,25). The Balaban J connectivity index is 1.88. The van der Waals surface area contributed by atoms with E-state index in [1.165, 1.54) is 24.3 Å². The minimum Gasteiger partial charge on any atom is -0.494 e. The number of nitrogens with one attached hydrogen (secondary N) is 1. The summed E-state index contributed by atoms with van der Waals surface area (Å²) >= 11 is 0. The second-order valence-electron chi connectivity index (χ2n) is 5.83. The van der Waals surface area contributed by atoms with E-state index in [2.05, 4.69) is 5.32 Å². The van der Waals surface area contributed by atoms with Crippen LogP contribution in [-0.2, 0) is 0 Å². The zero-order valence-electron chi connectivity index (χ0n) is 14.5. The van der Waals surface area contributed by atoms with E-state index in [9.17, 15) is 9.18 Å². The molecule has 1 atom stereocenters. The topological polar surface area (TPSA) is 38.3 Å². The Kier molecular flexibility index (Phi) is 5.64. The maximum Gasteiger partial charge on any atom is 0.252 e. The lowest BCUT2D eigenvalue weighted by Crippen LogP contribution is -2.29. The normalized spacial score (nSPS) is 11.6. The van der Waals surface area contributed by atoms with Crippen molar-refractivity contribution < 1.29 is 13.9 Å². The summed E-state index contributed by atoms with van der Waals surface area (Å²) in [5, 5.41) is 3.03. The Morgan fingerprint density at radius 2 is 1.54 bits per heavy atom. The van der Waals surface area contributed by atoms with Crippen molar-refractivity contribution in [2.45, 2.75) is 13.0 Å². The third kappa shape index (κ3) is 4.28. The van der Waals surface area contributed by atoms with Crippen LogP contribution in [0.5, 0.6) is 5.75 Å². The van der Waals surface area contributed by atoms with Crippen LogP contribution in [0.4, 0.5) is 4.39 Å². The molecular formula is C22H20FNO2. The van der Waals surface area contributed by atoms with E-state index in [1.807, 2.05) is 61.5 Å². The zero-order valence-corrected chi connectivity index (χ0v) is 14.5. The van der Waals surface area contributed by atoms with Gasteiger partial charge in [-0.1, -0.05) is 42.5 Å². The van der Waals surface area contributed by atoms with Gasteiger partial charge >= 0.3 is 0 Å². The molecule has 0 heterocycles. The van der Waals surface area contributed by atoms with Gasteiger partial charge in [-0.05, 0) is 54.4 Å². The van der Waals surface area contributed by atoms with E-state index < -0.39 is 0 Å². The van der Waals surface area contributed by atoms with Gasteiger partial charge in [0.2, 0.25) is 0 Å². The van der Waals surface area contributed by atoms with Gasteiger partial charge < -0.3 is 10.1 Å². The van der Waals surface area contributed by atoms with Crippen molar-refractivity contribution in [1.29, 1.82) is 0 Å². The zero-order chi connectivity index (χ0) is 18.4. The summed E-state index contributed by atoms with van der Waals surface area (Å²) in [5.74, 6) is 0.160. The number of carbonyl (C=O) groups excluding carboxylic acids is 1. The van der Waals surface area contributed by atoms with Gasteiger partial charge in [0.25, 0.3) is 5.91 Å². The molecule has 0 saturated heterocycles. The molecule has 0 aliphatic carbocycles. The van der Waals surface area contributed by atoms with Crippen molar-refractivity contribution in [2.75, 3.05) is 6.61 Å². The smallest absolute Gasteiger partial charge is 0.252 e. The highest BCUT2D eigenvalue weighted by Gasteiger charge is 2.18. The van der Waals surface area contributed by atoms with Crippen LogP contribution >= 0.6 is 0 Å². The first-order chi connectivity index (χ1) is 12.7. The van der Waals surface area contributed by atoms with Crippen molar-refractivity contribution >= 4 is 5.91 Å². The molecule has 0 spiro atoms. The Bertz CT molecular complexity index is 846. The molecule has 4 heteroatoms. The molecule has 3 aromatic rings. The highest BCUT2D eigenvalue weighted by Crippen LogP contribution is 2.24. The number of carbonyl (C=O) groups is 1. The van der Waals surface area contributed by atoms with E-state index in [0.717, 1.165) is 16.9 Å². The molecule has 1 N–H and O–H groups in total. The molecule has 0 aliphatic heterocycles. The van der Waals surface area contributed by atoms with E-state index in [1.54, 1.807) is 0 Å².